The lowest BCUT2D eigenvalue weighted by atomic mass is 10.1. The van der Waals surface area contributed by atoms with E-state index in [-0.39, 0.29) is 0 Å². The van der Waals surface area contributed by atoms with E-state index in [1.807, 2.05) is 0 Å². The van der Waals surface area contributed by atoms with Crippen LogP contribution in [0.25, 0.3) is 0 Å². The lowest BCUT2D eigenvalue weighted by Crippen LogP contribution is -2.39. The summed E-state index contributed by atoms with van der Waals surface area (Å²) in [6.07, 6.45) is 6.66. The zero-order valence-electron chi connectivity index (χ0n) is 8.87. The number of rotatable bonds is 3. The van der Waals surface area contributed by atoms with Crippen molar-refractivity contribution in [3.63, 3.8) is 0 Å². The first-order valence-electron chi connectivity index (χ1n) is 5.66. The molecule has 2 N–H and O–H groups in total. The summed E-state index contributed by atoms with van der Waals surface area (Å²) in [6, 6.07) is 2.03. The van der Waals surface area contributed by atoms with Gasteiger partial charge in [-0.15, -0.1) is 0 Å². The van der Waals surface area contributed by atoms with Crippen molar-refractivity contribution in [3.05, 3.63) is 0 Å². The highest BCUT2D eigenvalue weighted by molar-refractivity contribution is 4.90. The standard InChI is InChI=1S/C11H22N2/c1-8(9-3-4-9)13(2)11-6-5-10(12)7-11/h8-11H,3-7,12H2,1-2H3. The molecule has 2 heteroatoms. The fourth-order valence-electron chi connectivity index (χ4n) is 2.61. The molecule has 2 aliphatic carbocycles. The smallest absolute Gasteiger partial charge is 0.0110 e. The molecule has 3 unspecified atom stereocenters. The van der Waals surface area contributed by atoms with Gasteiger partial charge < -0.3 is 10.6 Å². The summed E-state index contributed by atoms with van der Waals surface area (Å²) in [5.41, 5.74) is 5.93. The van der Waals surface area contributed by atoms with Gasteiger partial charge in [0.05, 0.1) is 0 Å². The van der Waals surface area contributed by atoms with Gasteiger partial charge in [0.15, 0.2) is 0 Å². The monoisotopic (exact) mass is 182 g/mol. The molecule has 76 valence electrons. The second-order valence-electron chi connectivity index (χ2n) is 4.97. The molecule has 2 nitrogen and oxygen atoms in total. The van der Waals surface area contributed by atoms with Crippen LogP contribution in [0.4, 0.5) is 0 Å². The minimum atomic E-state index is 0.471. The van der Waals surface area contributed by atoms with E-state index >= 15 is 0 Å². The Hall–Kier alpha value is -0.0800. The fourth-order valence-corrected chi connectivity index (χ4v) is 2.61. The van der Waals surface area contributed by atoms with Gasteiger partial charge in [0.25, 0.3) is 0 Å². The van der Waals surface area contributed by atoms with Crippen LogP contribution in [0.3, 0.4) is 0 Å². The van der Waals surface area contributed by atoms with Crippen LogP contribution >= 0.6 is 0 Å². The maximum absolute atomic E-state index is 5.93. The number of nitrogens with two attached hydrogens (primary N) is 1. The van der Waals surface area contributed by atoms with E-state index < -0.39 is 0 Å². The largest absolute Gasteiger partial charge is 0.328 e. The molecule has 0 spiro atoms. The van der Waals surface area contributed by atoms with E-state index in [9.17, 15) is 0 Å². The minimum absolute atomic E-state index is 0.471. The Balaban J connectivity index is 1.84. The van der Waals surface area contributed by atoms with Crippen LogP contribution in [-0.4, -0.2) is 30.1 Å². The third-order valence-corrected chi connectivity index (χ3v) is 3.97. The molecule has 0 saturated heterocycles. The van der Waals surface area contributed by atoms with Crippen LogP contribution in [-0.2, 0) is 0 Å². The molecule has 0 aromatic carbocycles. The molecule has 0 amide bonds. The van der Waals surface area contributed by atoms with Crippen molar-refractivity contribution in [2.45, 2.75) is 57.2 Å². The summed E-state index contributed by atoms with van der Waals surface area (Å²) >= 11 is 0. The molecule has 0 aliphatic heterocycles. The van der Waals surface area contributed by atoms with Crippen LogP contribution < -0.4 is 5.73 Å². The normalized spacial score (nSPS) is 36.9. The van der Waals surface area contributed by atoms with E-state index in [1.54, 1.807) is 0 Å². The molecule has 0 aromatic rings. The zero-order chi connectivity index (χ0) is 9.42. The van der Waals surface area contributed by atoms with Crippen LogP contribution in [0, 0.1) is 5.92 Å². The van der Waals surface area contributed by atoms with Crippen LogP contribution in [0.15, 0.2) is 0 Å². The first-order valence-corrected chi connectivity index (χ1v) is 5.66. The summed E-state index contributed by atoms with van der Waals surface area (Å²) in [5, 5.41) is 0. The average molecular weight is 182 g/mol. The van der Waals surface area contributed by atoms with Crippen molar-refractivity contribution in [1.82, 2.24) is 4.90 Å². The summed E-state index contributed by atoms with van der Waals surface area (Å²) in [4.78, 5) is 2.57. The third kappa shape index (κ3) is 2.05. The molecule has 0 radical (unpaired) electrons. The molecule has 0 heterocycles. The molecular weight excluding hydrogens is 160 g/mol. The Bertz CT molecular complexity index is 177. The second kappa shape index (κ2) is 3.58. The van der Waals surface area contributed by atoms with E-state index in [0.29, 0.717) is 6.04 Å². The highest BCUT2D eigenvalue weighted by atomic mass is 15.2. The number of hydrogen-bond acceptors (Lipinski definition) is 2. The number of hydrogen-bond donors (Lipinski definition) is 1. The third-order valence-electron chi connectivity index (χ3n) is 3.97. The Morgan fingerprint density at radius 1 is 1.23 bits per heavy atom. The predicted octanol–water partition coefficient (Wildman–Crippen LogP) is 1.60. The minimum Gasteiger partial charge on any atom is -0.328 e. The van der Waals surface area contributed by atoms with Crippen molar-refractivity contribution >= 4 is 0 Å². The van der Waals surface area contributed by atoms with E-state index in [2.05, 4.69) is 18.9 Å². The highest BCUT2D eigenvalue weighted by Crippen LogP contribution is 2.37. The molecule has 0 bridgehead atoms. The Kier molecular flexibility index (Phi) is 2.61. The summed E-state index contributed by atoms with van der Waals surface area (Å²) in [5.74, 6) is 0.988. The Morgan fingerprint density at radius 3 is 2.38 bits per heavy atom. The van der Waals surface area contributed by atoms with E-state index in [4.69, 9.17) is 5.73 Å². The van der Waals surface area contributed by atoms with Gasteiger partial charge in [-0.2, -0.15) is 0 Å². The lowest BCUT2D eigenvalue weighted by molar-refractivity contribution is 0.168. The van der Waals surface area contributed by atoms with Gasteiger partial charge in [-0.05, 0) is 52.0 Å². The Morgan fingerprint density at radius 2 is 1.92 bits per heavy atom. The van der Waals surface area contributed by atoms with Gasteiger partial charge in [0, 0.05) is 18.1 Å². The summed E-state index contributed by atoms with van der Waals surface area (Å²) in [6.45, 7) is 2.38. The first-order chi connectivity index (χ1) is 6.18. The molecule has 2 rings (SSSR count). The van der Waals surface area contributed by atoms with Crippen molar-refractivity contribution in [1.29, 1.82) is 0 Å². The van der Waals surface area contributed by atoms with Crippen LogP contribution in [0.5, 0.6) is 0 Å². The van der Waals surface area contributed by atoms with Crippen molar-refractivity contribution in [2.24, 2.45) is 11.7 Å². The average Bonchev–Trinajstić information content (AvgIpc) is 2.87. The molecule has 2 aliphatic rings. The maximum Gasteiger partial charge on any atom is 0.0110 e. The van der Waals surface area contributed by atoms with Crippen molar-refractivity contribution in [3.8, 4) is 0 Å². The molecule has 3 atom stereocenters. The summed E-state index contributed by atoms with van der Waals surface area (Å²) < 4.78 is 0. The van der Waals surface area contributed by atoms with Gasteiger partial charge >= 0.3 is 0 Å². The topological polar surface area (TPSA) is 29.3 Å². The fraction of sp³-hybridized carbons (Fsp3) is 1.00. The zero-order valence-corrected chi connectivity index (χ0v) is 8.87. The van der Waals surface area contributed by atoms with Crippen LogP contribution in [0.1, 0.15) is 39.0 Å². The van der Waals surface area contributed by atoms with Gasteiger partial charge in [0.2, 0.25) is 0 Å². The van der Waals surface area contributed by atoms with Gasteiger partial charge in [-0.3, -0.25) is 0 Å². The number of nitrogens with zero attached hydrogens (tertiary/aromatic N) is 1. The first kappa shape index (κ1) is 9.47. The molecule has 2 fully saturated rings. The van der Waals surface area contributed by atoms with Crippen molar-refractivity contribution < 1.29 is 0 Å². The molecule has 13 heavy (non-hydrogen) atoms. The maximum atomic E-state index is 5.93. The van der Waals surface area contributed by atoms with E-state index in [1.165, 1.54) is 32.1 Å². The SMILES string of the molecule is CC(C1CC1)N(C)C1CCC(N)C1. The molecule has 0 aromatic heterocycles. The van der Waals surface area contributed by atoms with Crippen LogP contribution in [0.2, 0.25) is 0 Å². The molecule has 2 saturated carbocycles. The predicted molar refractivity (Wildman–Crippen MR) is 55.6 cm³/mol. The summed E-state index contributed by atoms with van der Waals surface area (Å²) in [7, 11) is 2.28. The molecular formula is C11H22N2. The van der Waals surface area contributed by atoms with E-state index in [0.717, 1.165) is 18.0 Å². The second-order valence-corrected chi connectivity index (χ2v) is 4.97. The highest BCUT2D eigenvalue weighted by Gasteiger charge is 2.35. The van der Waals surface area contributed by atoms with Gasteiger partial charge in [0.1, 0.15) is 0 Å². The lowest BCUT2D eigenvalue weighted by Gasteiger charge is -2.30. The quantitative estimate of drug-likeness (QED) is 0.718. The Labute approximate surface area is 81.5 Å². The van der Waals surface area contributed by atoms with Gasteiger partial charge in [-0.1, -0.05) is 0 Å². The van der Waals surface area contributed by atoms with Crippen molar-refractivity contribution in [2.75, 3.05) is 7.05 Å². The van der Waals surface area contributed by atoms with Gasteiger partial charge in [-0.25, -0.2) is 0 Å².